The second kappa shape index (κ2) is 5.72. The third-order valence-electron chi connectivity index (χ3n) is 4.54. The molecule has 2 unspecified atom stereocenters. The highest BCUT2D eigenvalue weighted by molar-refractivity contribution is 5.61. The van der Waals surface area contributed by atoms with Gasteiger partial charge in [0.25, 0.3) is 0 Å². The molecule has 0 radical (unpaired) electrons. The Hall–Kier alpha value is -1.73. The highest BCUT2D eigenvalue weighted by Gasteiger charge is 2.35. The molecule has 4 heteroatoms. The average Bonchev–Trinajstić information content (AvgIpc) is 2.90. The monoisotopic (exact) mass is 271 g/mol. The van der Waals surface area contributed by atoms with Crippen molar-refractivity contribution in [3.8, 4) is 11.8 Å². The van der Waals surface area contributed by atoms with Crippen LogP contribution in [0.3, 0.4) is 0 Å². The number of nitriles is 1. The topological polar surface area (TPSA) is 48.3 Å². The number of nitrogens with zero attached hydrogens (tertiary/aromatic N) is 2. The quantitative estimate of drug-likeness (QED) is 0.918. The molecule has 3 rings (SSSR count). The molecule has 0 bridgehead atoms. The lowest BCUT2D eigenvalue weighted by Gasteiger charge is -2.33. The molecule has 0 aliphatic carbocycles. The van der Waals surface area contributed by atoms with Gasteiger partial charge in [0.05, 0.1) is 18.4 Å². The summed E-state index contributed by atoms with van der Waals surface area (Å²) < 4.78 is 5.27. The maximum Gasteiger partial charge on any atom is 0.121 e. The van der Waals surface area contributed by atoms with Crippen molar-refractivity contribution >= 4 is 5.69 Å². The Kier molecular flexibility index (Phi) is 3.79. The molecule has 20 heavy (non-hydrogen) atoms. The van der Waals surface area contributed by atoms with Gasteiger partial charge in [-0.1, -0.05) is 6.42 Å². The van der Waals surface area contributed by atoms with Crippen molar-refractivity contribution in [2.75, 3.05) is 25.5 Å². The van der Waals surface area contributed by atoms with E-state index in [1.54, 1.807) is 7.11 Å². The SMILES string of the molecule is COc1ccc(C#N)c(NC2CCN3CCCCC23)c1. The molecular formula is C16H21N3O. The number of fused-ring (bicyclic) bond motifs is 1. The Morgan fingerprint density at radius 3 is 3.00 bits per heavy atom. The van der Waals surface area contributed by atoms with Gasteiger partial charge < -0.3 is 10.1 Å². The first kappa shape index (κ1) is 13.3. The number of benzene rings is 1. The molecule has 1 N–H and O–H groups in total. The highest BCUT2D eigenvalue weighted by atomic mass is 16.5. The predicted molar refractivity (Wildman–Crippen MR) is 78.9 cm³/mol. The molecule has 1 aromatic rings. The molecule has 0 spiro atoms. The zero-order valence-electron chi connectivity index (χ0n) is 11.9. The molecule has 2 aliphatic rings. The molecular weight excluding hydrogens is 250 g/mol. The second-order valence-electron chi connectivity index (χ2n) is 5.66. The van der Waals surface area contributed by atoms with Gasteiger partial charge >= 0.3 is 0 Å². The fourth-order valence-electron chi connectivity index (χ4n) is 3.48. The Morgan fingerprint density at radius 1 is 1.30 bits per heavy atom. The number of piperidine rings is 1. The number of ether oxygens (including phenoxy) is 1. The summed E-state index contributed by atoms with van der Waals surface area (Å²) >= 11 is 0. The Balaban J connectivity index is 1.79. The van der Waals surface area contributed by atoms with Crippen LogP contribution in [0.25, 0.3) is 0 Å². The van der Waals surface area contributed by atoms with Crippen molar-refractivity contribution in [3.05, 3.63) is 23.8 Å². The van der Waals surface area contributed by atoms with Crippen LogP contribution >= 0.6 is 0 Å². The van der Waals surface area contributed by atoms with E-state index in [2.05, 4.69) is 16.3 Å². The van der Waals surface area contributed by atoms with Crippen molar-refractivity contribution in [2.24, 2.45) is 0 Å². The predicted octanol–water partition coefficient (Wildman–Crippen LogP) is 2.61. The summed E-state index contributed by atoms with van der Waals surface area (Å²) in [6, 6.07) is 8.94. The smallest absolute Gasteiger partial charge is 0.121 e. The standard InChI is InChI=1S/C16H21N3O/c1-20-13-6-5-12(11-17)15(10-13)18-14-7-9-19-8-3-2-4-16(14)19/h5-6,10,14,16,18H,2-4,7-9H2,1H3. The zero-order chi connectivity index (χ0) is 13.9. The summed E-state index contributed by atoms with van der Waals surface area (Å²) in [5.41, 5.74) is 1.60. The fourth-order valence-corrected chi connectivity index (χ4v) is 3.48. The maximum absolute atomic E-state index is 9.25. The van der Waals surface area contributed by atoms with Crippen molar-refractivity contribution in [3.63, 3.8) is 0 Å². The molecule has 4 nitrogen and oxygen atoms in total. The van der Waals surface area contributed by atoms with Crippen LogP contribution in [0.5, 0.6) is 5.75 Å². The molecule has 0 amide bonds. The zero-order valence-corrected chi connectivity index (χ0v) is 11.9. The van der Waals surface area contributed by atoms with Crippen LogP contribution < -0.4 is 10.1 Å². The molecule has 1 aromatic carbocycles. The van der Waals surface area contributed by atoms with E-state index in [0.717, 1.165) is 17.9 Å². The van der Waals surface area contributed by atoms with E-state index in [0.29, 0.717) is 17.6 Å². The Labute approximate surface area is 120 Å². The first-order valence-electron chi connectivity index (χ1n) is 7.40. The van der Waals surface area contributed by atoms with E-state index < -0.39 is 0 Å². The van der Waals surface area contributed by atoms with Crippen LogP contribution in [0, 0.1) is 11.3 Å². The fraction of sp³-hybridized carbons (Fsp3) is 0.562. The molecule has 0 saturated carbocycles. The average molecular weight is 271 g/mol. The van der Waals surface area contributed by atoms with Gasteiger partial charge in [0.2, 0.25) is 0 Å². The second-order valence-corrected chi connectivity index (χ2v) is 5.66. The minimum atomic E-state index is 0.453. The third-order valence-corrected chi connectivity index (χ3v) is 4.54. The van der Waals surface area contributed by atoms with Crippen molar-refractivity contribution in [1.29, 1.82) is 5.26 Å². The van der Waals surface area contributed by atoms with Gasteiger partial charge in [-0.3, -0.25) is 4.90 Å². The van der Waals surface area contributed by atoms with E-state index in [1.165, 1.54) is 32.4 Å². The molecule has 2 aliphatic heterocycles. The van der Waals surface area contributed by atoms with E-state index >= 15 is 0 Å². The molecule has 2 saturated heterocycles. The van der Waals surface area contributed by atoms with Crippen LogP contribution in [0.2, 0.25) is 0 Å². The normalized spacial score (nSPS) is 25.8. The van der Waals surface area contributed by atoms with Gasteiger partial charge in [0.1, 0.15) is 11.8 Å². The first-order chi connectivity index (χ1) is 9.81. The Morgan fingerprint density at radius 2 is 2.20 bits per heavy atom. The van der Waals surface area contributed by atoms with E-state index in [4.69, 9.17) is 4.74 Å². The van der Waals surface area contributed by atoms with Gasteiger partial charge in [-0.05, 0) is 37.9 Å². The minimum Gasteiger partial charge on any atom is -0.497 e. The number of nitrogens with one attached hydrogen (secondary N) is 1. The van der Waals surface area contributed by atoms with Crippen LogP contribution in [0.15, 0.2) is 18.2 Å². The molecule has 2 heterocycles. The summed E-state index contributed by atoms with van der Waals surface area (Å²) in [7, 11) is 1.66. The van der Waals surface area contributed by atoms with Gasteiger partial charge in [0.15, 0.2) is 0 Å². The molecule has 0 aromatic heterocycles. The first-order valence-corrected chi connectivity index (χ1v) is 7.40. The van der Waals surface area contributed by atoms with Crippen LogP contribution in [0.4, 0.5) is 5.69 Å². The van der Waals surface area contributed by atoms with Crippen LogP contribution in [-0.2, 0) is 0 Å². The van der Waals surface area contributed by atoms with Gasteiger partial charge in [0, 0.05) is 24.7 Å². The number of hydrogen-bond donors (Lipinski definition) is 1. The van der Waals surface area contributed by atoms with Crippen molar-refractivity contribution in [2.45, 2.75) is 37.8 Å². The van der Waals surface area contributed by atoms with Crippen LogP contribution in [-0.4, -0.2) is 37.2 Å². The lowest BCUT2D eigenvalue weighted by Crippen LogP contribution is -2.41. The van der Waals surface area contributed by atoms with Crippen molar-refractivity contribution < 1.29 is 4.74 Å². The maximum atomic E-state index is 9.25. The summed E-state index contributed by atoms with van der Waals surface area (Å²) in [6.07, 6.45) is 5.07. The molecule has 2 atom stereocenters. The van der Waals surface area contributed by atoms with E-state index in [1.807, 2.05) is 18.2 Å². The number of methoxy groups -OCH3 is 1. The number of rotatable bonds is 3. The highest BCUT2D eigenvalue weighted by Crippen LogP contribution is 2.31. The van der Waals surface area contributed by atoms with Crippen LogP contribution in [0.1, 0.15) is 31.2 Å². The summed E-state index contributed by atoms with van der Waals surface area (Å²) in [5.74, 6) is 0.796. The molecule has 2 fully saturated rings. The van der Waals surface area contributed by atoms with Gasteiger partial charge in [-0.2, -0.15) is 5.26 Å². The lowest BCUT2D eigenvalue weighted by molar-refractivity contribution is 0.193. The Bertz CT molecular complexity index is 523. The number of hydrogen-bond acceptors (Lipinski definition) is 4. The third kappa shape index (κ3) is 2.46. The largest absolute Gasteiger partial charge is 0.497 e. The van der Waals surface area contributed by atoms with Gasteiger partial charge in [-0.15, -0.1) is 0 Å². The van der Waals surface area contributed by atoms with Crippen molar-refractivity contribution in [1.82, 2.24) is 4.90 Å². The molecule has 106 valence electrons. The minimum absolute atomic E-state index is 0.453. The van der Waals surface area contributed by atoms with E-state index in [-0.39, 0.29) is 0 Å². The number of anilines is 1. The lowest BCUT2D eigenvalue weighted by atomic mass is 9.98. The summed E-state index contributed by atoms with van der Waals surface area (Å²) in [4.78, 5) is 2.59. The van der Waals surface area contributed by atoms with E-state index in [9.17, 15) is 5.26 Å². The van der Waals surface area contributed by atoms with Gasteiger partial charge in [-0.25, -0.2) is 0 Å². The summed E-state index contributed by atoms with van der Waals surface area (Å²) in [6.45, 7) is 2.40. The summed E-state index contributed by atoms with van der Waals surface area (Å²) in [5, 5.41) is 12.8.